The first-order valence-electron chi connectivity index (χ1n) is 5.18. The minimum Gasteiger partial charge on any atom is -0.486 e. The third-order valence-electron chi connectivity index (χ3n) is 2.28. The van der Waals surface area contributed by atoms with E-state index in [0.717, 1.165) is 0 Å². The van der Waals surface area contributed by atoms with Crippen LogP contribution >= 0.6 is 0 Å². The van der Waals surface area contributed by atoms with Gasteiger partial charge in [0.1, 0.15) is 12.7 Å². The predicted molar refractivity (Wildman–Crippen MR) is 57.6 cm³/mol. The van der Waals surface area contributed by atoms with Gasteiger partial charge in [0.25, 0.3) is 0 Å². The molecule has 17 heavy (non-hydrogen) atoms. The molecule has 0 radical (unpaired) electrons. The number of ether oxygens (including phenoxy) is 3. The lowest BCUT2D eigenvalue weighted by atomic mass is 10.2. The van der Waals surface area contributed by atoms with Gasteiger partial charge >= 0.3 is 6.09 Å². The molecule has 1 amide bonds. The number of benzene rings is 1. The molecule has 0 aliphatic carbocycles. The van der Waals surface area contributed by atoms with Crippen molar-refractivity contribution in [1.82, 2.24) is 0 Å². The monoisotopic (exact) mass is 239 g/mol. The lowest BCUT2D eigenvalue weighted by Gasteiger charge is -2.27. The first kappa shape index (κ1) is 11.5. The maximum Gasteiger partial charge on any atom is 0.406 e. The first-order chi connectivity index (χ1) is 8.15. The summed E-state index contributed by atoms with van der Waals surface area (Å²) >= 11 is 0. The lowest BCUT2D eigenvalue weighted by Crippen LogP contribution is -2.35. The van der Waals surface area contributed by atoms with E-state index in [1.807, 2.05) is 12.1 Å². The molecule has 0 spiro atoms. The van der Waals surface area contributed by atoms with Crippen LogP contribution in [0.25, 0.3) is 0 Å². The molecule has 0 saturated heterocycles. The third-order valence-corrected chi connectivity index (χ3v) is 2.28. The first-order valence-corrected chi connectivity index (χ1v) is 5.18. The standard InChI is InChI=1S/C11H13NO5/c12-11(14)17-10(13)5-7-6-15-8-3-1-2-4-9(8)16-7/h1-4,7,10,13H,5-6H2,(H2,12,14). The van der Waals surface area contributed by atoms with E-state index in [1.165, 1.54) is 0 Å². The molecule has 92 valence electrons. The highest BCUT2D eigenvalue weighted by atomic mass is 16.6. The topological polar surface area (TPSA) is 91.0 Å². The molecule has 3 N–H and O–H groups in total. The van der Waals surface area contributed by atoms with Crippen molar-refractivity contribution >= 4 is 6.09 Å². The molecule has 1 aromatic rings. The molecule has 1 aromatic carbocycles. The fourth-order valence-corrected chi connectivity index (χ4v) is 1.59. The van der Waals surface area contributed by atoms with Gasteiger partial charge in [0.05, 0.1) is 6.42 Å². The fourth-order valence-electron chi connectivity index (χ4n) is 1.59. The van der Waals surface area contributed by atoms with Crippen LogP contribution in [0.1, 0.15) is 6.42 Å². The summed E-state index contributed by atoms with van der Waals surface area (Å²) in [5, 5.41) is 9.36. The number of rotatable bonds is 3. The van der Waals surface area contributed by atoms with Gasteiger partial charge in [-0.25, -0.2) is 4.79 Å². The second-order valence-electron chi connectivity index (χ2n) is 3.62. The van der Waals surface area contributed by atoms with Gasteiger partial charge in [-0.2, -0.15) is 0 Å². The molecular formula is C11H13NO5. The molecule has 0 bridgehead atoms. The summed E-state index contributed by atoms with van der Waals surface area (Å²) < 4.78 is 15.4. The van der Waals surface area contributed by atoms with Crippen LogP contribution in [0.15, 0.2) is 24.3 Å². The Kier molecular flexibility index (Phi) is 3.34. The van der Waals surface area contributed by atoms with Crippen LogP contribution in [0.4, 0.5) is 4.79 Å². The molecule has 2 atom stereocenters. The van der Waals surface area contributed by atoms with E-state index in [0.29, 0.717) is 11.5 Å². The second kappa shape index (κ2) is 4.92. The summed E-state index contributed by atoms with van der Waals surface area (Å²) in [7, 11) is 0. The highest BCUT2D eigenvalue weighted by molar-refractivity contribution is 5.64. The number of hydrogen-bond acceptors (Lipinski definition) is 5. The number of carbonyl (C=O) groups is 1. The summed E-state index contributed by atoms with van der Waals surface area (Å²) in [6.07, 6.45) is -2.57. The maximum absolute atomic E-state index is 10.4. The van der Waals surface area contributed by atoms with Crippen LogP contribution in [0, 0.1) is 0 Å². The van der Waals surface area contributed by atoms with Crippen molar-refractivity contribution in [2.75, 3.05) is 6.61 Å². The Morgan fingerprint density at radius 2 is 2.24 bits per heavy atom. The molecular weight excluding hydrogens is 226 g/mol. The number of nitrogens with two attached hydrogens (primary N) is 1. The Bertz CT molecular complexity index is 409. The fraction of sp³-hybridized carbons (Fsp3) is 0.364. The van der Waals surface area contributed by atoms with E-state index in [1.54, 1.807) is 12.1 Å². The molecule has 0 aromatic heterocycles. The van der Waals surface area contributed by atoms with E-state index in [2.05, 4.69) is 4.74 Å². The Balaban J connectivity index is 1.92. The van der Waals surface area contributed by atoms with Gasteiger partial charge in [-0.05, 0) is 12.1 Å². The summed E-state index contributed by atoms with van der Waals surface area (Å²) in [6.45, 7) is 0.288. The maximum atomic E-state index is 10.4. The quantitative estimate of drug-likeness (QED) is 0.755. The number of amides is 1. The molecule has 0 saturated carbocycles. The van der Waals surface area contributed by atoms with E-state index in [4.69, 9.17) is 15.2 Å². The highest BCUT2D eigenvalue weighted by Gasteiger charge is 2.24. The van der Waals surface area contributed by atoms with E-state index in [9.17, 15) is 9.90 Å². The SMILES string of the molecule is NC(=O)OC(O)CC1COc2ccccc2O1. The summed E-state index contributed by atoms with van der Waals surface area (Å²) in [5.74, 6) is 1.27. The van der Waals surface area contributed by atoms with Crippen molar-refractivity contribution < 1.29 is 24.1 Å². The number of aliphatic hydroxyl groups is 1. The van der Waals surface area contributed by atoms with Gasteiger partial charge < -0.3 is 25.1 Å². The van der Waals surface area contributed by atoms with Crippen molar-refractivity contribution in [3.8, 4) is 11.5 Å². The Morgan fingerprint density at radius 1 is 1.53 bits per heavy atom. The van der Waals surface area contributed by atoms with Crippen molar-refractivity contribution in [2.45, 2.75) is 18.8 Å². The summed E-state index contributed by atoms with van der Waals surface area (Å²) in [4.78, 5) is 10.4. The van der Waals surface area contributed by atoms with Gasteiger partial charge in [-0.15, -0.1) is 0 Å². The van der Waals surface area contributed by atoms with Crippen molar-refractivity contribution in [3.63, 3.8) is 0 Å². The van der Waals surface area contributed by atoms with Crippen LogP contribution in [-0.2, 0) is 4.74 Å². The van der Waals surface area contributed by atoms with Crippen molar-refractivity contribution in [3.05, 3.63) is 24.3 Å². The normalized spacial score (nSPS) is 19.5. The van der Waals surface area contributed by atoms with Crippen LogP contribution in [0.3, 0.4) is 0 Å². The number of hydrogen-bond donors (Lipinski definition) is 2. The van der Waals surface area contributed by atoms with Gasteiger partial charge in [0.2, 0.25) is 6.29 Å². The minimum absolute atomic E-state index is 0.108. The number of aliphatic hydroxyl groups excluding tert-OH is 1. The molecule has 0 fully saturated rings. The van der Waals surface area contributed by atoms with Crippen molar-refractivity contribution in [1.29, 1.82) is 0 Å². The van der Waals surface area contributed by atoms with Crippen LogP contribution in [-0.4, -0.2) is 30.2 Å². The van der Waals surface area contributed by atoms with Gasteiger partial charge in [0, 0.05) is 0 Å². The largest absolute Gasteiger partial charge is 0.486 e. The molecule has 2 unspecified atom stereocenters. The van der Waals surface area contributed by atoms with E-state index in [-0.39, 0.29) is 19.1 Å². The summed E-state index contributed by atoms with van der Waals surface area (Å²) in [5.41, 5.74) is 4.78. The number of para-hydroxylation sites is 2. The number of fused-ring (bicyclic) bond motifs is 1. The lowest BCUT2D eigenvalue weighted by molar-refractivity contribution is -0.0793. The zero-order valence-corrected chi connectivity index (χ0v) is 9.04. The molecule has 1 heterocycles. The zero-order valence-electron chi connectivity index (χ0n) is 9.04. The van der Waals surface area contributed by atoms with Crippen LogP contribution in [0.5, 0.6) is 11.5 Å². The van der Waals surface area contributed by atoms with E-state index < -0.39 is 12.4 Å². The third kappa shape index (κ3) is 3.01. The van der Waals surface area contributed by atoms with E-state index >= 15 is 0 Å². The van der Waals surface area contributed by atoms with Crippen LogP contribution in [0.2, 0.25) is 0 Å². The molecule has 6 nitrogen and oxygen atoms in total. The number of carbonyl (C=O) groups excluding carboxylic acids is 1. The average Bonchev–Trinajstić information content (AvgIpc) is 2.27. The minimum atomic E-state index is -1.29. The van der Waals surface area contributed by atoms with Crippen molar-refractivity contribution in [2.24, 2.45) is 5.73 Å². The smallest absolute Gasteiger partial charge is 0.406 e. The highest BCUT2D eigenvalue weighted by Crippen LogP contribution is 2.31. The van der Waals surface area contributed by atoms with Crippen LogP contribution < -0.4 is 15.2 Å². The average molecular weight is 239 g/mol. The van der Waals surface area contributed by atoms with Gasteiger partial charge in [-0.3, -0.25) is 0 Å². The second-order valence-corrected chi connectivity index (χ2v) is 3.62. The molecule has 2 rings (SSSR count). The molecule has 1 aliphatic heterocycles. The Morgan fingerprint density at radius 3 is 2.94 bits per heavy atom. The Hall–Kier alpha value is -1.95. The number of primary amides is 1. The van der Waals surface area contributed by atoms with Gasteiger partial charge in [-0.1, -0.05) is 12.1 Å². The predicted octanol–water partition coefficient (Wildman–Crippen LogP) is 0.630. The van der Waals surface area contributed by atoms with Gasteiger partial charge in [0.15, 0.2) is 11.5 Å². The zero-order chi connectivity index (χ0) is 12.3. The Labute approximate surface area is 97.9 Å². The molecule has 6 heteroatoms. The molecule has 1 aliphatic rings. The summed E-state index contributed by atoms with van der Waals surface area (Å²) in [6, 6.07) is 7.22.